The summed E-state index contributed by atoms with van der Waals surface area (Å²) in [6.07, 6.45) is 0. The van der Waals surface area contributed by atoms with Crippen molar-refractivity contribution in [3.05, 3.63) is 151 Å². The van der Waals surface area contributed by atoms with Crippen LogP contribution < -0.4 is 0 Å². The molecule has 2 N–H and O–H groups in total. The molecule has 0 amide bonds. The zero-order chi connectivity index (χ0) is 34.3. The second-order valence-electron chi connectivity index (χ2n) is 9.37. The van der Waals surface area contributed by atoms with Crippen LogP contribution in [-0.2, 0) is 128 Å². The van der Waals surface area contributed by atoms with E-state index in [9.17, 15) is 9.59 Å². The molecule has 0 aliphatic rings. The van der Waals surface area contributed by atoms with Crippen LogP contribution in [0.15, 0.2) is 91.0 Å². The standard InChI is InChI=1S/C9H12O2.2C9H12.2C3H5O2.C2H6.CH3O.3CH3.3Y/c1-9(2,11-10)8-6-4-3-5-7-8;2*1-8(2)9-6-4-3-5-7-9;2*1-3(4)5-2;2*1-2;;;;;;/h3-7,10H,1-2H3;2*3-8H,1-2H3;2*2H2,1H3;1-2H3;2H,1H2;3*1H3;;;/q;;;2*-1;;4*-1;;;. The van der Waals surface area contributed by atoms with E-state index in [1.54, 1.807) is 0 Å². The number of carbonyl (C=O) groups excluding carboxylic acids is 2. The van der Waals surface area contributed by atoms with Crippen molar-refractivity contribution in [1.29, 1.82) is 0 Å². The van der Waals surface area contributed by atoms with E-state index in [1.807, 2.05) is 70.2 Å². The van der Waals surface area contributed by atoms with Gasteiger partial charge < -0.3 is 36.9 Å². The minimum absolute atomic E-state index is 0. The molecule has 0 atom stereocenters. The second-order valence-corrected chi connectivity index (χ2v) is 9.37. The van der Waals surface area contributed by atoms with Gasteiger partial charge in [-0.25, -0.2) is 12.0 Å². The Balaban J connectivity index is -0.0000000470. The van der Waals surface area contributed by atoms with E-state index in [4.69, 9.17) is 10.4 Å². The molecule has 7 nitrogen and oxygen atoms in total. The van der Waals surface area contributed by atoms with Crippen LogP contribution in [0.3, 0.4) is 0 Å². The third kappa shape index (κ3) is 49.9. The molecule has 0 unspecified atom stereocenters. The van der Waals surface area contributed by atoms with Crippen molar-refractivity contribution in [2.45, 2.75) is 86.7 Å². The number of aliphatic hydroxyl groups is 1. The molecule has 49 heavy (non-hydrogen) atoms. The molecule has 0 spiro atoms. The van der Waals surface area contributed by atoms with Crippen molar-refractivity contribution in [3.63, 3.8) is 0 Å². The Morgan fingerprint density at radius 1 is 0.592 bits per heavy atom. The number of ether oxygens (including phenoxy) is 2. The Kier molecular flexibility index (Phi) is 78.8. The van der Waals surface area contributed by atoms with Crippen molar-refractivity contribution in [2.24, 2.45) is 0 Å². The summed E-state index contributed by atoms with van der Waals surface area (Å²) >= 11 is 0. The SMILES string of the molecule is CC.CC(C)(OO)c1ccccc1.CC(C)c1ccccc1.CC(C)c1ccccc1.[CH2-]O.[CH2-]OC(C)=O.[CH2-]OC(C)=O.[CH3-].[CH3-].[CH3-].[Y].[Y].[Y]. The molecule has 0 fully saturated rings. The number of rotatable bonds is 4. The molecule has 3 aromatic rings. The molecule has 0 heterocycles. The first kappa shape index (κ1) is 74.1. The molecule has 0 aliphatic carbocycles. The van der Waals surface area contributed by atoms with Crippen molar-refractivity contribution >= 4 is 11.9 Å². The Morgan fingerprint density at radius 3 is 0.939 bits per heavy atom. The van der Waals surface area contributed by atoms with Gasteiger partial charge in [0.15, 0.2) is 0 Å². The number of esters is 2. The van der Waals surface area contributed by atoms with Crippen LogP contribution in [0.1, 0.15) is 97.8 Å². The quantitative estimate of drug-likeness (QED) is 0.116. The third-order valence-electron chi connectivity index (χ3n) is 5.04. The van der Waals surface area contributed by atoms with Gasteiger partial charge in [0.05, 0.1) is 0 Å². The summed E-state index contributed by atoms with van der Waals surface area (Å²) in [4.78, 5) is 23.4. The van der Waals surface area contributed by atoms with E-state index in [2.05, 4.69) is 112 Å². The normalized spacial score (nSPS) is 7.94. The Hall–Kier alpha value is -0.208. The van der Waals surface area contributed by atoms with Gasteiger partial charge >= 0.3 is 0 Å². The molecular formula is C39H64O7Y3-6. The van der Waals surface area contributed by atoms with E-state index in [1.165, 1.54) is 25.0 Å². The van der Waals surface area contributed by atoms with Crippen LogP contribution in [0.25, 0.3) is 0 Å². The first-order chi connectivity index (χ1) is 20.3. The van der Waals surface area contributed by atoms with Crippen molar-refractivity contribution in [3.8, 4) is 0 Å². The first-order valence-electron chi connectivity index (χ1n) is 14.0. The molecule has 0 saturated carbocycles. The van der Waals surface area contributed by atoms with Crippen LogP contribution in [0.2, 0.25) is 0 Å². The molecule has 277 valence electrons. The van der Waals surface area contributed by atoms with E-state index < -0.39 is 5.60 Å². The summed E-state index contributed by atoms with van der Waals surface area (Å²) in [5.74, 6) is 0.604. The predicted molar refractivity (Wildman–Crippen MR) is 196 cm³/mol. The smallest absolute Gasteiger partial charge is 0.270 e. The fraction of sp³-hybridized carbons (Fsp3) is 0.333. The van der Waals surface area contributed by atoms with E-state index in [0.717, 1.165) is 5.56 Å². The Morgan fingerprint density at radius 2 is 0.796 bits per heavy atom. The summed E-state index contributed by atoms with van der Waals surface area (Å²) in [5, 5.41) is 15.3. The summed E-state index contributed by atoms with van der Waals surface area (Å²) in [6, 6.07) is 30.6. The summed E-state index contributed by atoms with van der Waals surface area (Å²) in [7, 11) is 7.92. The molecule has 0 bridgehead atoms. The number of hydrogen-bond acceptors (Lipinski definition) is 7. The van der Waals surface area contributed by atoms with Crippen LogP contribution in [0.5, 0.6) is 0 Å². The fourth-order valence-corrected chi connectivity index (χ4v) is 2.57. The topological polar surface area (TPSA) is 102 Å². The predicted octanol–water partition coefficient (Wildman–Crippen LogP) is 11.2. The molecule has 3 aromatic carbocycles. The summed E-state index contributed by atoms with van der Waals surface area (Å²) in [5.41, 5.74) is 3.18. The summed E-state index contributed by atoms with van der Waals surface area (Å²) < 4.78 is 7.72. The van der Waals surface area contributed by atoms with E-state index in [-0.39, 0.29) is 132 Å². The molecule has 10 heteroatoms. The minimum Gasteiger partial charge on any atom is -0.640 e. The Bertz CT molecular complexity index is 947. The molecule has 0 saturated heterocycles. The van der Waals surface area contributed by atoms with Gasteiger partial charge in [-0.1, -0.05) is 133 Å². The zero-order valence-corrected chi connectivity index (χ0v) is 41.1. The molecular weight excluding hydrogens is 847 g/mol. The van der Waals surface area contributed by atoms with Gasteiger partial charge in [-0.2, -0.15) is 14.2 Å². The number of aliphatic hydroxyl groups excluding tert-OH is 1. The van der Waals surface area contributed by atoms with Gasteiger partial charge in [-0.3, -0.25) is 14.8 Å². The minimum atomic E-state index is -0.610. The van der Waals surface area contributed by atoms with Crippen LogP contribution >= 0.6 is 0 Å². The second kappa shape index (κ2) is 52.2. The van der Waals surface area contributed by atoms with Crippen molar-refractivity contribution in [2.75, 3.05) is 0 Å². The monoisotopic (exact) mass is 911 g/mol. The number of benzene rings is 3. The third-order valence-corrected chi connectivity index (χ3v) is 5.04. The zero-order valence-electron chi connectivity index (χ0n) is 32.6. The molecule has 3 radical (unpaired) electrons. The van der Waals surface area contributed by atoms with Gasteiger partial charge in [0, 0.05) is 112 Å². The maximum atomic E-state index is 9.53. The van der Waals surface area contributed by atoms with Gasteiger partial charge in [0.1, 0.15) is 5.60 Å². The first-order valence-corrected chi connectivity index (χ1v) is 14.0. The van der Waals surface area contributed by atoms with E-state index in [0.29, 0.717) is 11.8 Å². The maximum Gasteiger partial charge on any atom is 0.270 e. The number of carbonyl (C=O) groups is 2. The van der Waals surface area contributed by atoms with Crippen LogP contribution in [-0.4, -0.2) is 22.3 Å². The van der Waals surface area contributed by atoms with Crippen LogP contribution in [0.4, 0.5) is 0 Å². The van der Waals surface area contributed by atoms with Crippen molar-refractivity contribution < 1.29 is 132 Å². The van der Waals surface area contributed by atoms with Gasteiger partial charge in [-0.05, 0) is 42.4 Å². The average Bonchev–Trinajstić information content (AvgIpc) is 3.05. The Labute approximate surface area is 378 Å². The summed E-state index contributed by atoms with van der Waals surface area (Å²) in [6.45, 7) is 19.0. The molecule has 3 rings (SSSR count). The van der Waals surface area contributed by atoms with Gasteiger partial charge in [0.2, 0.25) is 0 Å². The molecule has 0 aliphatic heterocycles. The number of hydrogen-bond donors (Lipinski definition) is 2. The maximum absolute atomic E-state index is 9.53. The van der Waals surface area contributed by atoms with Crippen molar-refractivity contribution in [1.82, 2.24) is 0 Å². The fourth-order valence-electron chi connectivity index (χ4n) is 2.57. The molecule has 0 aromatic heterocycles. The largest absolute Gasteiger partial charge is 0.640 e. The van der Waals surface area contributed by atoms with Gasteiger partial charge in [0.25, 0.3) is 11.9 Å². The van der Waals surface area contributed by atoms with E-state index >= 15 is 0 Å². The van der Waals surface area contributed by atoms with Gasteiger partial charge in [-0.15, -0.1) is 0 Å². The average molecular weight is 912 g/mol. The van der Waals surface area contributed by atoms with Crippen LogP contribution in [0, 0.1) is 43.6 Å².